The molecule has 4 amide bonds. The molecule has 0 radical (unpaired) electrons. The van der Waals surface area contributed by atoms with Crippen molar-refractivity contribution in [1.29, 1.82) is 0 Å². The fourth-order valence-corrected chi connectivity index (χ4v) is 5.94. The van der Waals surface area contributed by atoms with Crippen molar-refractivity contribution in [2.24, 2.45) is 0 Å². The Hall–Kier alpha value is -3.99. The van der Waals surface area contributed by atoms with Gasteiger partial charge in [-0.15, -0.1) is 11.3 Å². The SMILES string of the molecule is C=CC(=O)N[C@H]1CCC[C@H]1NC(=O)c1sc2nccc3c2c1NC(=O)N3c1cnc(NC(C)C)cc1C. The van der Waals surface area contributed by atoms with Crippen LogP contribution in [0.2, 0.25) is 0 Å². The van der Waals surface area contributed by atoms with E-state index >= 15 is 0 Å². The molecular formula is C26H29N7O3S. The average Bonchev–Trinajstić information content (AvgIpc) is 3.44. The second-order valence-corrected chi connectivity index (χ2v) is 10.6. The van der Waals surface area contributed by atoms with Gasteiger partial charge >= 0.3 is 6.03 Å². The summed E-state index contributed by atoms with van der Waals surface area (Å²) in [5.74, 6) is 0.171. The van der Waals surface area contributed by atoms with E-state index in [1.807, 2.05) is 26.8 Å². The molecule has 1 aliphatic heterocycles. The van der Waals surface area contributed by atoms with Gasteiger partial charge in [-0.1, -0.05) is 6.58 Å². The van der Waals surface area contributed by atoms with Crippen LogP contribution in [0.1, 0.15) is 48.3 Å². The molecule has 37 heavy (non-hydrogen) atoms. The molecule has 2 aliphatic rings. The molecule has 2 atom stereocenters. The van der Waals surface area contributed by atoms with Crippen LogP contribution in [0.15, 0.2) is 37.2 Å². The van der Waals surface area contributed by atoms with Gasteiger partial charge in [-0.3, -0.25) is 14.5 Å². The van der Waals surface area contributed by atoms with E-state index in [1.54, 1.807) is 23.4 Å². The van der Waals surface area contributed by atoms with E-state index in [9.17, 15) is 14.4 Å². The van der Waals surface area contributed by atoms with Crippen LogP contribution in [-0.4, -0.2) is 45.9 Å². The van der Waals surface area contributed by atoms with Gasteiger partial charge in [-0.2, -0.15) is 0 Å². The number of carbonyl (C=O) groups excluding carboxylic acids is 3. The Balaban J connectivity index is 1.47. The second kappa shape index (κ2) is 9.81. The fraction of sp³-hybridized carbons (Fsp3) is 0.346. The van der Waals surface area contributed by atoms with Crippen molar-refractivity contribution in [3.8, 4) is 0 Å². The smallest absolute Gasteiger partial charge is 0.331 e. The normalized spacial score (nSPS) is 18.6. The molecule has 5 rings (SSSR count). The summed E-state index contributed by atoms with van der Waals surface area (Å²) < 4.78 is 0. The summed E-state index contributed by atoms with van der Waals surface area (Å²) in [7, 11) is 0. The Bertz CT molecular complexity index is 1420. The monoisotopic (exact) mass is 519 g/mol. The van der Waals surface area contributed by atoms with E-state index in [4.69, 9.17) is 0 Å². The predicted molar refractivity (Wildman–Crippen MR) is 146 cm³/mol. The Morgan fingerprint density at radius 3 is 2.68 bits per heavy atom. The summed E-state index contributed by atoms with van der Waals surface area (Å²) in [6, 6.07) is 3.17. The molecule has 11 heteroatoms. The molecule has 4 N–H and O–H groups in total. The maximum Gasteiger partial charge on any atom is 0.331 e. The van der Waals surface area contributed by atoms with Gasteiger partial charge in [-0.05, 0) is 63.8 Å². The Kier molecular flexibility index (Phi) is 6.55. The van der Waals surface area contributed by atoms with Crippen LogP contribution in [0.3, 0.4) is 0 Å². The minimum Gasteiger partial charge on any atom is -0.368 e. The molecule has 192 valence electrons. The number of carbonyl (C=O) groups is 3. The van der Waals surface area contributed by atoms with Crippen molar-refractivity contribution in [3.63, 3.8) is 0 Å². The van der Waals surface area contributed by atoms with Crippen LogP contribution in [0.4, 0.5) is 27.7 Å². The average molecular weight is 520 g/mol. The topological polar surface area (TPSA) is 128 Å². The number of thiophene rings is 1. The Morgan fingerprint density at radius 2 is 1.97 bits per heavy atom. The number of pyridine rings is 2. The highest BCUT2D eigenvalue weighted by atomic mass is 32.1. The van der Waals surface area contributed by atoms with Crippen molar-refractivity contribution >= 4 is 62.3 Å². The van der Waals surface area contributed by atoms with Gasteiger partial charge in [0.1, 0.15) is 15.5 Å². The number of aryl methyl sites for hydroxylation is 1. The van der Waals surface area contributed by atoms with Crippen molar-refractivity contribution in [2.45, 2.75) is 58.2 Å². The summed E-state index contributed by atoms with van der Waals surface area (Å²) in [6.07, 6.45) is 6.97. The first-order valence-corrected chi connectivity index (χ1v) is 13.1. The number of nitrogens with one attached hydrogen (secondary N) is 4. The van der Waals surface area contributed by atoms with Gasteiger partial charge in [0.15, 0.2) is 0 Å². The Labute approximate surface area is 218 Å². The van der Waals surface area contributed by atoms with Gasteiger partial charge in [0, 0.05) is 24.3 Å². The summed E-state index contributed by atoms with van der Waals surface area (Å²) in [5.41, 5.74) is 2.62. The van der Waals surface area contributed by atoms with E-state index in [-0.39, 0.29) is 36.0 Å². The third kappa shape index (κ3) is 4.62. The largest absolute Gasteiger partial charge is 0.368 e. The van der Waals surface area contributed by atoms with Gasteiger partial charge < -0.3 is 21.3 Å². The summed E-state index contributed by atoms with van der Waals surface area (Å²) in [5, 5.41) is 12.9. The Morgan fingerprint density at radius 1 is 1.22 bits per heavy atom. The highest BCUT2D eigenvalue weighted by Crippen LogP contribution is 2.46. The van der Waals surface area contributed by atoms with Crippen LogP contribution in [0.5, 0.6) is 0 Å². The molecule has 1 aliphatic carbocycles. The number of rotatable bonds is 7. The maximum absolute atomic E-state index is 13.4. The van der Waals surface area contributed by atoms with E-state index < -0.39 is 0 Å². The minimum atomic E-state index is -0.376. The molecule has 0 bridgehead atoms. The number of anilines is 4. The van der Waals surface area contributed by atoms with Gasteiger partial charge in [0.2, 0.25) is 5.91 Å². The van der Waals surface area contributed by atoms with Crippen molar-refractivity contribution in [2.75, 3.05) is 15.5 Å². The molecule has 10 nitrogen and oxygen atoms in total. The third-order valence-corrected chi connectivity index (χ3v) is 7.65. The van der Waals surface area contributed by atoms with Crippen LogP contribution < -0.4 is 26.2 Å². The van der Waals surface area contributed by atoms with Crippen LogP contribution in [0.25, 0.3) is 10.2 Å². The first-order valence-electron chi connectivity index (χ1n) is 12.3. The standard InChI is InChI=1S/C26H29N7O3S/c1-5-20(34)30-15-7-6-8-16(15)31-24(35)23-22-21-17(9-10-27-25(21)37-23)33(26(36)32-22)18-12-28-19(11-14(18)4)29-13(2)3/h5,9-13,15-16H,1,6-8H2,2-4H3,(H,28,29)(H,30,34)(H,31,35)(H,32,36)/t15-,16+/m0/s1. The number of amides is 4. The highest BCUT2D eigenvalue weighted by molar-refractivity contribution is 7.21. The first kappa shape index (κ1) is 24.7. The summed E-state index contributed by atoms with van der Waals surface area (Å²) >= 11 is 1.23. The van der Waals surface area contributed by atoms with Crippen molar-refractivity contribution in [3.05, 3.63) is 47.6 Å². The van der Waals surface area contributed by atoms with Gasteiger partial charge in [0.25, 0.3) is 5.91 Å². The van der Waals surface area contributed by atoms with Crippen LogP contribution in [0, 0.1) is 6.92 Å². The molecule has 0 unspecified atom stereocenters. The summed E-state index contributed by atoms with van der Waals surface area (Å²) in [4.78, 5) is 50.1. The lowest BCUT2D eigenvalue weighted by Gasteiger charge is -2.29. The lowest BCUT2D eigenvalue weighted by molar-refractivity contribution is -0.117. The number of nitrogens with zero attached hydrogens (tertiary/aromatic N) is 3. The number of hydrogen-bond donors (Lipinski definition) is 4. The maximum atomic E-state index is 13.4. The highest BCUT2D eigenvalue weighted by Gasteiger charge is 2.35. The lowest BCUT2D eigenvalue weighted by Crippen LogP contribution is -2.48. The fourth-order valence-electron chi connectivity index (χ4n) is 4.92. The second-order valence-electron chi connectivity index (χ2n) is 9.57. The molecule has 0 aromatic carbocycles. The zero-order chi connectivity index (χ0) is 26.3. The molecular weight excluding hydrogens is 490 g/mol. The van der Waals surface area contributed by atoms with Crippen molar-refractivity contribution < 1.29 is 14.4 Å². The zero-order valence-corrected chi connectivity index (χ0v) is 21.7. The van der Waals surface area contributed by atoms with E-state index in [0.29, 0.717) is 32.2 Å². The van der Waals surface area contributed by atoms with Crippen LogP contribution in [-0.2, 0) is 4.79 Å². The predicted octanol–water partition coefficient (Wildman–Crippen LogP) is 4.46. The number of aromatic nitrogens is 2. The van der Waals surface area contributed by atoms with E-state index in [0.717, 1.165) is 30.6 Å². The van der Waals surface area contributed by atoms with Gasteiger partial charge in [-0.25, -0.2) is 14.8 Å². The zero-order valence-electron chi connectivity index (χ0n) is 20.9. The molecule has 0 saturated heterocycles. The first-order chi connectivity index (χ1) is 17.8. The lowest BCUT2D eigenvalue weighted by atomic mass is 10.1. The van der Waals surface area contributed by atoms with Crippen molar-refractivity contribution in [1.82, 2.24) is 20.6 Å². The van der Waals surface area contributed by atoms with Gasteiger partial charge in [0.05, 0.1) is 28.6 Å². The molecule has 1 fully saturated rings. The molecule has 0 spiro atoms. The molecule has 1 saturated carbocycles. The molecule has 3 aromatic rings. The number of hydrogen-bond acceptors (Lipinski definition) is 7. The van der Waals surface area contributed by atoms with E-state index in [2.05, 4.69) is 37.8 Å². The summed E-state index contributed by atoms with van der Waals surface area (Å²) in [6.45, 7) is 9.50. The molecule has 4 heterocycles. The quantitative estimate of drug-likeness (QED) is 0.341. The van der Waals surface area contributed by atoms with E-state index in [1.165, 1.54) is 17.4 Å². The third-order valence-electron chi connectivity index (χ3n) is 6.56. The van der Waals surface area contributed by atoms with Crippen LogP contribution >= 0.6 is 11.3 Å². The minimum absolute atomic E-state index is 0.164. The molecule has 3 aromatic heterocycles. The number of urea groups is 1.